The highest BCUT2D eigenvalue weighted by Crippen LogP contribution is 2.36. The maximum Gasteiger partial charge on any atom is 0.170 e. The second-order valence-corrected chi connectivity index (χ2v) is 5.96. The van der Waals surface area contributed by atoms with Crippen LogP contribution in [0.25, 0.3) is 0 Å². The van der Waals surface area contributed by atoms with E-state index in [4.69, 9.17) is 0 Å². The lowest BCUT2D eigenvalue weighted by atomic mass is 9.71. The summed E-state index contributed by atoms with van der Waals surface area (Å²) < 4.78 is 0. The normalized spacial score (nSPS) is 23.3. The van der Waals surface area contributed by atoms with Crippen LogP contribution in [0.3, 0.4) is 0 Å². The van der Waals surface area contributed by atoms with Crippen LogP contribution in [0.1, 0.15) is 54.1 Å². The molecule has 1 N–H and O–H groups in total. The first-order chi connectivity index (χ1) is 9.09. The van der Waals surface area contributed by atoms with Gasteiger partial charge in [0.15, 0.2) is 5.78 Å². The molecule has 2 heteroatoms. The van der Waals surface area contributed by atoms with Crippen molar-refractivity contribution < 1.29 is 4.79 Å². The molecule has 104 valence electrons. The highest BCUT2D eigenvalue weighted by atomic mass is 16.1. The summed E-state index contributed by atoms with van der Waals surface area (Å²) in [6, 6.07) is 6.21. The summed E-state index contributed by atoms with van der Waals surface area (Å²) in [6.07, 6.45) is 4.20. The summed E-state index contributed by atoms with van der Waals surface area (Å²) in [6.45, 7) is 8.16. The van der Waals surface area contributed by atoms with E-state index in [1.54, 1.807) is 0 Å². The van der Waals surface area contributed by atoms with E-state index in [-0.39, 0.29) is 5.41 Å². The van der Waals surface area contributed by atoms with E-state index in [1.165, 1.54) is 5.56 Å². The van der Waals surface area contributed by atoms with Crippen molar-refractivity contribution in [2.75, 3.05) is 13.1 Å². The van der Waals surface area contributed by atoms with Crippen molar-refractivity contribution in [3.05, 3.63) is 34.9 Å². The van der Waals surface area contributed by atoms with Gasteiger partial charge in [0.05, 0.1) is 0 Å². The van der Waals surface area contributed by atoms with Crippen LogP contribution >= 0.6 is 0 Å². The molecule has 2 rings (SSSR count). The Bertz CT molecular complexity index is 453. The van der Waals surface area contributed by atoms with Crippen LogP contribution in [0.5, 0.6) is 0 Å². The molecule has 1 atom stereocenters. The lowest BCUT2D eigenvalue weighted by Crippen LogP contribution is -2.45. The van der Waals surface area contributed by atoms with Gasteiger partial charge < -0.3 is 5.32 Å². The number of carbonyl (C=O) groups is 1. The van der Waals surface area contributed by atoms with Crippen molar-refractivity contribution in [1.29, 1.82) is 0 Å². The molecule has 1 aromatic rings. The number of ketones is 1. The smallest absolute Gasteiger partial charge is 0.170 e. The summed E-state index contributed by atoms with van der Waals surface area (Å²) in [5.74, 6) is 0.350. The molecular formula is C17H25NO. The van der Waals surface area contributed by atoms with Crippen LogP contribution in [0.2, 0.25) is 0 Å². The van der Waals surface area contributed by atoms with E-state index >= 15 is 0 Å². The predicted molar refractivity (Wildman–Crippen MR) is 79.7 cm³/mol. The highest BCUT2D eigenvalue weighted by Gasteiger charge is 2.39. The van der Waals surface area contributed by atoms with Crippen molar-refractivity contribution in [2.45, 2.75) is 46.5 Å². The third-order valence-electron chi connectivity index (χ3n) is 4.32. The van der Waals surface area contributed by atoms with Gasteiger partial charge in [0, 0.05) is 17.5 Å². The van der Waals surface area contributed by atoms with Crippen LogP contribution in [-0.2, 0) is 0 Å². The van der Waals surface area contributed by atoms with E-state index in [1.807, 2.05) is 6.92 Å². The van der Waals surface area contributed by atoms with E-state index in [0.29, 0.717) is 5.78 Å². The SMILES string of the molecule is CCCC1(C(=O)c2cc(C)ccc2C)CCCNC1. The van der Waals surface area contributed by atoms with Gasteiger partial charge in [0.1, 0.15) is 0 Å². The fourth-order valence-corrected chi connectivity index (χ4v) is 3.23. The third-order valence-corrected chi connectivity index (χ3v) is 4.32. The summed E-state index contributed by atoms with van der Waals surface area (Å²) in [7, 11) is 0. The molecule has 0 saturated carbocycles. The average molecular weight is 259 g/mol. The first kappa shape index (κ1) is 14.3. The maximum absolute atomic E-state index is 13.0. The zero-order chi connectivity index (χ0) is 13.9. The molecule has 1 aromatic carbocycles. The molecule has 1 saturated heterocycles. The van der Waals surface area contributed by atoms with Gasteiger partial charge in [-0.3, -0.25) is 4.79 Å². The van der Waals surface area contributed by atoms with Gasteiger partial charge in [-0.05, 0) is 51.3 Å². The van der Waals surface area contributed by atoms with Crippen molar-refractivity contribution in [2.24, 2.45) is 5.41 Å². The number of nitrogens with one attached hydrogen (secondary N) is 1. The molecule has 0 bridgehead atoms. The molecule has 0 aromatic heterocycles. The lowest BCUT2D eigenvalue weighted by Gasteiger charge is -2.36. The van der Waals surface area contributed by atoms with E-state index in [9.17, 15) is 4.79 Å². The van der Waals surface area contributed by atoms with Crippen LogP contribution in [0.4, 0.5) is 0 Å². The topological polar surface area (TPSA) is 29.1 Å². The first-order valence-electron chi connectivity index (χ1n) is 7.42. The first-order valence-corrected chi connectivity index (χ1v) is 7.42. The molecule has 1 unspecified atom stereocenters. The standard InChI is InChI=1S/C17H25NO/c1-4-8-17(9-5-10-18-12-17)16(19)15-11-13(2)6-7-14(15)3/h6-7,11,18H,4-5,8-10,12H2,1-3H3. The van der Waals surface area contributed by atoms with E-state index in [2.05, 4.69) is 37.4 Å². The van der Waals surface area contributed by atoms with Gasteiger partial charge >= 0.3 is 0 Å². The zero-order valence-corrected chi connectivity index (χ0v) is 12.4. The average Bonchev–Trinajstić information content (AvgIpc) is 2.42. The molecular weight excluding hydrogens is 234 g/mol. The number of piperidine rings is 1. The Morgan fingerprint density at radius 1 is 1.37 bits per heavy atom. The summed E-state index contributed by atoms with van der Waals surface area (Å²) in [5, 5.41) is 3.42. The van der Waals surface area contributed by atoms with Crippen molar-refractivity contribution in [3.63, 3.8) is 0 Å². The van der Waals surface area contributed by atoms with E-state index < -0.39 is 0 Å². The third kappa shape index (κ3) is 2.89. The molecule has 1 heterocycles. The minimum Gasteiger partial charge on any atom is -0.316 e. The molecule has 19 heavy (non-hydrogen) atoms. The largest absolute Gasteiger partial charge is 0.316 e. The number of carbonyl (C=O) groups excluding carboxylic acids is 1. The molecule has 2 nitrogen and oxygen atoms in total. The Morgan fingerprint density at radius 2 is 2.16 bits per heavy atom. The predicted octanol–water partition coefficient (Wildman–Crippen LogP) is 3.66. The molecule has 1 aliphatic rings. The number of hydrogen-bond acceptors (Lipinski definition) is 2. The van der Waals surface area contributed by atoms with Gasteiger partial charge in [-0.1, -0.05) is 31.0 Å². The fraction of sp³-hybridized carbons (Fsp3) is 0.588. The van der Waals surface area contributed by atoms with Gasteiger partial charge in [-0.2, -0.15) is 0 Å². The quantitative estimate of drug-likeness (QED) is 0.836. The van der Waals surface area contributed by atoms with Crippen molar-refractivity contribution in [3.8, 4) is 0 Å². The Balaban J connectivity index is 2.36. The van der Waals surface area contributed by atoms with Crippen LogP contribution in [-0.4, -0.2) is 18.9 Å². The van der Waals surface area contributed by atoms with Crippen LogP contribution in [0, 0.1) is 19.3 Å². The maximum atomic E-state index is 13.0. The molecule has 0 aliphatic carbocycles. The second kappa shape index (κ2) is 5.87. The van der Waals surface area contributed by atoms with Gasteiger partial charge in [0.25, 0.3) is 0 Å². The Hall–Kier alpha value is -1.15. The van der Waals surface area contributed by atoms with E-state index in [0.717, 1.165) is 49.9 Å². The van der Waals surface area contributed by atoms with Crippen LogP contribution in [0.15, 0.2) is 18.2 Å². The Labute approximate surface area is 116 Å². The minimum atomic E-state index is -0.175. The number of benzene rings is 1. The van der Waals surface area contributed by atoms with Crippen LogP contribution < -0.4 is 5.32 Å². The number of rotatable bonds is 4. The monoisotopic (exact) mass is 259 g/mol. The number of aryl methyl sites for hydroxylation is 2. The number of Topliss-reactive ketones (excluding diaryl/α,β-unsaturated/α-hetero) is 1. The summed E-state index contributed by atoms with van der Waals surface area (Å²) in [4.78, 5) is 13.0. The van der Waals surface area contributed by atoms with Crippen molar-refractivity contribution in [1.82, 2.24) is 5.32 Å². The molecule has 0 amide bonds. The summed E-state index contributed by atoms with van der Waals surface area (Å²) in [5.41, 5.74) is 3.03. The Kier molecular flexibility index (Phi) is 4.41. The molecule has 0 radical (unpaired) electrons. The van der Waals surface area contributed by atoms with Gasteiger partial charge in [0.2, 0.25) is 0 Å². The second-order valence-electron chi connectivity index (χ2n) is 5.96. The summed E-state index contributed by atoms with van der Waals surface area (Å²) >= 11 is 0. The number of hydrogen-bond donors (Lipinski definition) is 1. The fourth-order valence-electron chi connectivity index (χ4n) is 3.23. The minimum absolute atomic E-state index is 0.175. The molecule has 1 fully saturated rings. The van der Waals surface area contributed by atoms with Gasteiger partial charge in [-0.25, -0.2) is 0 Å². The zero-order valence-electron chi connectivity index (χ0n) is 12.4. The lowest BCUT2D eigenvalue weighted by molar-refractivity contribution is 0.0717. The van der Waals surface area contributed by atoms with Gasteiger partial charge in [-0.15, -0.1) is 0 Å². The Morgan fingerprint density at radius 3 is 2.79 bits per heavy atom. The molecule has 0 spiro atoms. The highest BCUT2D eigenvalue weighted by molar-refractivity contribution is 6.02. The molecule has 1 aliphatic heterocycles. The van der Waals surface area contributed by atoms with Crippen molar-refractivity contribution >= 4 is 5.78 Å².